The zero-order chi connectivity index (χ0) is 16.3. The van der Waals surface area contributed by atoms with Crippen LogP contribution < -0.4 is 4.74 Å². The number of benzene rings is 1. The van der Waals surface area contributed by atoms with Crippen molar-refractivity contribution in [3.63, 3.8) is 0 Å². The first-order chi connectivity index (χ1) is 10.4. The summed E-state index contributed by atoms with van der Waals surface area (Å²) in [6, 6.07) is 7.08. The first-order valence-corrected chi connectivity index (χ1v) is 7.35. The minimum absolute atomic E-state index is 0.452. The van der Waals surface area contributed by atoms with Crippen molar-refractivity contribution in [2.45, 2.75) is 23.5 Å². The van der Waals surface area contributed by atoms with Gasteiger partial charge < -0.3 is 14.9 Å². The Morgan fingerprint density at radius 3 is 2.64 bits per heavy atom. The fourth-order valence-electron chi connectivity index (χ4n) is 2.02. The smallest absolute Gasteiger partial charge is 0.317 e. The zero-order valence-corrected chi connectivity index (χ0v) is 12.9. The second kappa shape index (κ2) is 6.65. The molecule has 116 valence electrons. The number of nitrogens with zero attached hydrogens (tertiary/aromatic N) is 1. The highest BCUT2D eigenvalue weighted by atomic mass is 32.2. The third-order valence-electron chi connectivity index (χ3n) is 3.01. The quantitative estimate of drug-likeness (QED) is 0.789. The zero-order valence-electron chi connectivity index (χ0n) is 12.1. The number of carboxylic acid groups (broad SMARTS) is 2. The maximum Gasteiger partial charge on any atom is 0.317 e. The highest BCUT2D eigenvalue weighted by Gasteiger charge is 2.23. The Bertz CT molecular complexity index is 731. The summed E-state index contributed by atoms with van der Waals surface area (Å²) in [7, 11) is 1.54. The summed E-state index contributed by atoms with van der Waals surface area (Å²) < 4.78 is 5.18. The average molecular weight is 321 g/mol. The van der Waals surface area contributed by atoms with Crippen molar-refractivity contribution in [2.75, 3.05) is 7.11 Å². The van der Waals surface area contributed by atoms with Crippen molar-refractivity contribution in [1.82, 2.24) is 4.98 Å². The molecule has 0 unspecified atom stereocenters. The Balaban J connectivity index is 2.48. The lowest BCUT2D eigenvalue weighted by atomic mass is 10.2. The predicted molar refractivity (Wildman–Crippen MR) is 82.6 cm³/mol. The molecule has 2 aromatic rings. The Morgan fingerprint density at radius 2 is 2.05 bits per heavy atom. The molecule has 1 atom stereocenters. The first-order valence-electron chi connectivity index (χ1n) is 6.47. The number of aromatic nitrogens is 1. The largest absolute Gasteiger partial charge is 0.497 e. The van der Waals surface area contributed by atoms with Crippen LogP contribution in [0.4, 0.5) is 0 Å². The van der Waals surface area contributed by atoms with Crippen LogP contribution in [0.2, 0.25) is 0 Å². The van der Waals surface area contributed by atoms with Gasteiger partial charge in [-0.1, -0.05) is 0 Å². The minimum Gasteiger partial charge on any atom is -0.497 e. The van der Waals surface area contributed by atoms with E-state index in [0.29, 0.717) is 16.2 Å². The lowest BCUT2D eigenvalue weighted by molar-refractivity contribution is -0.142. The Morgan fingerprint density at radius 1 is 1.32 bits per heavy atom. The van der Waals surface area contributed by atoms with Gasteiger partial charge in [0, 0.05) is 16.0 Å². The standard InChI is InChI=1S/C15H15NO5S/c1-8-5-12(22-13(15(19)20)7-14(17)18)10-6-9(21-2)3-4-11(10)16-8/h3-6,13H,7H2,1-2H3,(H,17,18)(H,19,20)/t13-/m1/s1. The van der Waals surface area contributed by atoms with Gasteiger partial charge in [0.1, 0.15) is 11.0 Å². The molecule has 0 radical (unpaired) electrons. The number of hydrogen-bond donors (Lipinski definition) is 2. The van der Waals surface area contributed by atoms with Gasteiger partial charge in [-0.25, -0.2) is 0 Å². The summed E-state index contributed by atoms with van der Waals surface area (Å²) in [5.74, 6) is -1.67. The molecule has 0 aliphatic heterocycles. The van der Waals surface area contributed by atoms with E-state index in [4.69, 9.17) is 9.84 Å². The van der Waals surface area contributed by atoms with Crippen LogP contribution >= 0.6 is 11.8 Å². The van der Waals surface area contributed by atoms with E-state index in [9.17, 15) is 14.7 Å². The highest BCUT2D eigenvalue weighted by molar-refractivity contribution is 8.00. The van der Waals surface area contributed by atoms with Crippen molar-refractivity contribution in [2.24, 2.45) is 0 Å². The van der Waals surface area contributed by atoms with Crippen molar-refractivity contribution >= 4 is 34.6 Å². The molecule has 0 saturated carbocycles. The summed E-state index contributed by atoms with van der Waals surface area (Å²) in [5, 5.41) is 17.7. The van der Waals surface area contributed by atoms with Crippen LogP contribution in [0.3, 0.4) is 0 Å². The van der Waals surface area contributed by atoms with Crippen LogP contribution in [0, 0.1) is 6.92 Å². The van der Waals surface area contributed by atoms with Gasteiger partial charge in [0.05, 0.1) is 19.0 Å². The number of carboxylic acids is 2. The molecule has 6 nitrogen and oxygen atoms in total. The number of ether oxygens (including phenoxy) is 1. The van der Waals surface area contributed by atoms with Gasteiger partial charge in [-0.2, -0.15) is 0 Å². The highest BCUT2D eigenvalue weighted by Crippen LogP contribution is 2.34. The molecule has 0 aliphatic rings. The third-order valence-corrected chi connectivity index (χ3v) is 4.26. The van der Waals surface area contributed by atoms with Crippen LogP contribution in [-0.4, -0.2) is 39.5 Å². The van der Waals surface area contributed by atoms with Gasteiger partial charge in [-0.05, 0) is 31.2 Å². The minimum atomic E-state index is -1.15. The number of rotatable bonds is 6. The number of hydrogen-bond acceptors (Lipinski definition) is 5. The van der Waals surface area contributed by atoms with E-state index in [1.54, 1.807) is 38.3 Å². The number of aliphatic carboxylic acids is 2. The van der Waals surface area contributed by atoms with Gasteiger partial charge in [-0.15, -0.1) is 11.8 Å². The predicted octanol–water partition coefficient (Wildman–Crippen LogP) is 2.57. The Kier molecular flexibility index (Phi) is 4.87. The summed E-state index contributed by atoms with van der Waals surface area (Å²) in [5.41, 5.74) is 1.45. The van der Waals surface area contributed by atoms with E-state index in [2.05, 4.69) is 4.98 Å². The second-order valence-electron chi connectivity index (χ2n) is 4.69. The van der Waals surface area contributed by atoms with Gasteiger partial charge in [0.15, 0.2) is 0 Å². The van der Waals surface area contributed by atoms with Crippen LogP contribution in [0.5, 0.6) is 5.75 Å². The number of aryl methyl sites for hydroxylation is 1. The molecule has 1 aromatic heterocycles. The Hall–Kier alpha value is -2.28. The first kappa shape index (κ1) is 16.1. The van der Waals surface area contributed by atoms with Crippen molar-refractivity contribution in [3.8, 4) is 5.75 Å². The lowest BCUT2D eigenvalue weighted by Crippen LogP contribution is -2.20. The molecule has 2 N–H and O–H groups in total. The van der Waals surface area contributed by atoms with Crippen molar-refractivity contribution in [1.29, 1.82) is 0 Å². The average Bonchev–Trinajstić information content (AvgIpc) is 2.45. The third kappa shape index (κ3) is 3.67. The van der Waals surface area contributed by atoms with Gasteiger partial charge in [-0.3, -0.25) is 14.6 Å². The Labute approximate surface area is 131 Å². The van der Waals surface area contributed by atoms with Crippen LogP contribution in [0.25, 0.3) is 10.9 Å². The molecule has 7 heteroatoms. The molecule has 2 rings (SSSR count). The SMILES string of the molecule is COc1ccc2nc(C)cc(S[C@H](CC(=O)O)C(=O)O)c2c1. The second-order valence-corrected chi connectivity index (χ2v) is 5.93. The van der Waals surface area contributed by atoms with E-state index in [0.717, 1.165) is 22.8 Å². The molecular formula is C15H15NO5S. The van der Waals surface area contributed by atoms with Crippen molar-refractivity contribution < 1.29 is 24.5 Å². The van der Waals surface area contributed by atoms with Crippen LogP contribution in [0.15, 0.2) is 29.2 Å². The molecule has 0 spiro atoms. The van der Waals surface area contributed by atoms with Crippen molar-refractivity contribution in [3.05, 3.63) is 30.0 Å². The summed E-state index contributed by atoms with van der Waals surface area (Å²) in [6.07, 6.45) is -0.452. The van der Waals surface area contributed by atoms with Crippen LogP contribution in [0.1, 0.15) is 12.1 Å². The summed E-state index contributed by atoms with van der Waals surface area (Å²) >= 11 is 1.01. The van der Waals surface area contributed by atoms with E-state index in [-0.39, 0.29) is 0 Å². The number of thioether (sulfide) groups is 1. The van der Waals surface area contributed by atoms with Crippen LogP contribution in [-0.2, 0) is 9.59 Å². The molecule has 0 aliphatic carbocycles. The lowest BCUT2D eigenvalue weighted by Gasteiger charge is -2.13. The topological polar surface area (TPSA) is 96.7 Å². The molecule has 0 fully saturated rings. The van der Waals surface area contributed by atoms with E-state index in [1.807, 2.05) is 0 Å². The van der Waals surface area contributed by atoms with Gasteiger partial charge in [0.25, 0.3) is 0 Å². The molecule has 1 heterocycles. The number of methoxy groups -OCH3 is 1. The molecular weight excluding hydrogens is 306 g/mol. The fraction of sp³-hybridized carbons (Fsp3) is 0.267. The normalized spacial score (nSPS) is 12.1. The monoisotopic (exact) mass is 321 g/mol. The van der Waals surface area contributed by atoms with E-state index in [1.165, 1.54) is 0 Å². The van der Waals surface area contributed by atoms with E-state index >= 15 is 0 Å². The summed E-state index contributed by atoms with van der Waals surface area (Å²) in [6.45, 7) is 1.81. The summed E-state index contributed by atoms with van der Waals surface area (Å²) in [4.78, 5) is 27.2. The maximum atomic E-state index is 11.3. The maximum absolute atomic E-state index is 11.3. The fourth-order valence-corrected chi connectivity index (χ4v) is 3.18. The number of carbonyl (C=O) groups is 2. The molecule has 1 aromatic carbocycles. The van der Waals surface area contributed by atoms with E-state index < -0.39 is 23.6 Å². The molecule has 0 amide bonds. The molecule has 22 heavy (non-hydrogen) atoms. The van der Waals surface area contributed by atoms with Gasteiger partial charge >= 0.3 is 11.9 Å². The van der Waals surface area contributed by atoms with Gasteiger partial charge in [0.2, 0.25) is 0 Å². The molecule has 0 saturated heterocycles. The molecule has 0 bridgehead atoms. The number of fused-ring (bicyclic) bond motifs is 1. The number of pyridine rings is 1.